The van der Waals surface area contributed by atoms with E-state index >= 15 is 0 Å². The van der Waals surface area contributed by atoms with Gasteiger partial charge in [0.25, 0.3) is 11.5 Å². The van der Waals surface area contributed by atoms with Crippen LogP contribution in [0.25, 0.3) is 22.0 Å². The molecule has 0 radical (unpaired) electrons. The molecule has 1 amide bonds. The number of amides is 1. The summed E-state index contributed by atoms with van der Waals surface area (Å²) >= 11 is 12.4. The third-order valence-electron chi connectivity index (χ3n) is 5.69. The Morgan fingerprint density at radius 2 is 1.61 bits per heavy atom. The highest BCUT2D eigenvalue weighted by molar-refractivity contribution is 6.40. The lowest BCUT2D eigenvalue weighted by Crippen LogP contribution is -2.21. The number of rotatable bonds is 6. The number of hydrogen-bond donors (Lipinski definition) is 1. The number of fused-ring (bicyclic) bond motifs is 1. The third kappa shape index (κ3) is 4.55. The van der Waals surface area contributed by atoms with Crippen molar-refractivity contribution in [1.29, 1.82) is 0 Å². The molecule has 3 aromatic carbocycles. The summed E-state index contributed by atoms with van der Waals surface area (Å²) in [6.07, 6.45) is 0.0743. The summed E-state index contributed by atoms with van der Waals surface area (Å²) in [5.41, 5.74) is 1.00. The molecule has 0 saturated carbocycles. The van der Waals surface area contributed by atoms with E-state index in [-0.39, 0.29) is 50.2 Å². The predicted octanol–water partition coefficient (Wildman–Crippen LogP) is 6.09. The molecule has 0 spiro atoms. The molecule has 36 heavy (non-hydrogen) atoms. The van der Waals surface area contributed by atoms with Crippen molar-refractivity contribution in [3.63, 3.8) is 0 Å². The van der Waals surface area contributed by atoms with Crippen molar-refractivity contribution < 1.29 is 19.1 Å². The Kier molecular flexibility index (Phi) is 7.33. The zero-order chi connectivity index (χ0) is 26.0. The molecule has 1 aromatic heterocycles. The molecule has 184 valence electrons. The molecule has 0 aliphatic rings. The van der Waals surface area contributed by atoms with Gasteiger partial charge >= 0.3 is 5.97 Å². The van der Waals surface area contributed by atoms with Crippen molar-refractivity contribution >= 4 is 51.7 Å². The van der Waals surface area contributed by atoms with Crippen molar-refractivity contribution in [2.45, 2.75) is 13.3 Å². The Labute approximate surface area is 217 Å². The highest BCUT2D eigenvalue weighted by atomic mass is 35.5. The Balaban J connectivity index is 1.96. The lowest BCUT2D eigenvalue weighted by molar-refractivity contribution is -0.133. The summed E-state index contributed by atoms with van der Waals surface area (Å²) in [6.45, 7) is 1.64. The number of halogens is 2. The smallest absolute Gasteiger partial charge is 0.310 e. The number of carbonyl (C=O) groups is 2. The molecule has 1 N–H and O–H groups in total. The van der Waals surface area contributed by atoms with Crippen molar-refractivity contribution in [2.24, 2.45) is 7.05 Å². The molecule has 0 aliphatic carbocycles. The fourth-order valence-corrected chi connectivity index (χ4v) is 4.51. The molecule has 0 bridgehead atoms. The Hall–Kier alpha value is -3.81. The molecule has 0 unspecified atom stereocenters. The zero-order valence-corrected chi connectivity index (χ0v) is 21.2. The van der Waals surface area contributed by atoms with E-state index in [1.165, 1.54) is 11.7 Å². The number of carbonyl (C=O) groups excluding carboxylic acids is 2. The summed E-state index contributed by atoms with van der Waals surface area (Å²) in [4.78, 5) is 39.1. The monoisotopic (exact) mass is 524 g/mol. The van der Waals surface area contributed by atoms with Crippen molar-refractivity contribution in [3.8, 4) is 22.6 Å². The first-order valence-corrected chi connectivity index (χ1v) is 11.8. The predicted molar refractivity (Wildman–Crippen MR) is 142 cm³/mol. The van der Waals surface area contributed by atoms with Crippen LogP contribution in [0.2, 0.25) is 10.0 Å². The molecular formula is C27H22Cl2N2O5. The summed E-state index contributed by atoms with van der Waals surface area (Å²) in [6, 6.07) is 16.8. The third-order valence-corrected chi connectivity index (χ3v) is 6.32. The minimum Gasteiger partial charge on any atom is -0.495 e. The van der Waals surface area contributed by atoms with Crippen LogP contribution in [0.1, 0.15) is 23.7 Å². The number of hydrogen-bond acceptors (Lipinski definition) is 5. The van der Waals surface area contributed by atoms with E-state index in [1.807, 2.05) is 24.3 Å². The number of esters is 1. The van der Waals surface area contributed by atoms with Crippen LogP contribution in [0, 0.1) is 0 Å². The number of para-hydroxylation sites is 2. The summed E-state index contributed by atoms with van der Waals surface area (Å²) in [5.74, 6) is -0.827. The van der Waals surface area contributed by atoms with Gasteiger partial charge in [0.05, 0.1) is 39.5 Å². The van der Waals surface area contributed by atoms with E-state index in [9.17, 15) is 14.4 Å². The number of nitrogens with zero attached hydrogens (tertiary/aromatic N) is 1. The van der Waals surface area contributed by atoms with Gasteiger partial charge in [-0.05, 0) is 30.3 Å². The maximum Gasteiger partial charge on any atom is 0.310 e. The SMILES string of the molecule is CCC(=O)Oc1c(NC(=O)c2c(Cl)cccc2Cl)cccc1-c1c(OC)c2ccccc2n(C)c1=O. The van der Waals surface area contributed by atoms with Gasteiger partial charge in [-0.15, -0.1) is 0 Å². The number of benzene rings is 3. The second-order valence-corrected chi connectivity index (χ2v) is 8.66. The van der Waals surface area contributed by atoms with E-state index in [0.717, 1.165) is 0 Å². The fourth-order valence-electron chi connectivity index (χ4n) is 3.94. The number of methoxy groups -OCH3 is 1. The fraction of sp³-hybridized carbons (Fsp3) is 0.148. The van der Waals surface area contributed by atoms with Crippen LogP contribution in [-0.4, -0.2) is 23.6 Å². The minimum absolute atomic E-state index is 0.00607. The number of pyridine rings is 1. The molecule has 4 aromatic rings. The number of aryl methyl sites for hydroxylation is 1. The van der Waals surface area contributed by atoms with Crippen LogP contribution in [0.15, 0.2) is 65.5 Å². The maximum atomic E-state index is 13.5. The molecule has 4 rings (SSSR count). The van der Waals surface area contributed by atoms with E-state index < -0.39 is 11.9 Å². The van der Waals surface area contributed by atoms with Gasteiger partial charge < -0.3 is 19.4 Å². The normalized spacial score (nSPS) is 10.8. The topological polar surface area (TPSA) is 86.6 Å². The second kappa shape index (κ2) is 10.4. The average molecular weight is 525 g/mol. The molecule has 0 atom stereocenters. The molecular weight excluding hydrogens is 503 g/mol. The largest absolute Gasteiger partial charge is 0.495 e. The highest BCUT2D eigenvalue weighted by Crippen LogP contribution is 2.42. The van der Waals surface area contributed by atoms with Crippen LogP contribution in [0.4, 0.5) is 5.69 Å². The van der Waals surface area contributed by atoms with Gasteiger partial charge in [-0.1, -0.05) is 60.5 Å². The van der Waals surface area contributed by atoms with Crippen LogP contribution < -0.4 is 20.3 Å². The quantitative estimate of drug-likeness (QED) is 0.243. The maximum absolute atomic E-state index is 13.5. The van der Waals surface area contributed by atoms with Crippen LogP contribution in [0.3, 0.4) is 0 Å². The van der Waals surface area contributed by atoms with Crippen LogP contribution in [0.5, 0.6) is 11.5 Å². The van der Waals surface area contributed by atoms with Crippen molar-refractivity contribution in [2.75, 3.05) is 12.4 Å². The van der Waals surface area contributed by atoms with Gasteiger partial charge in [-0.3, -0.25) is 14.4 Å². The Morgan fingerprint density at radius 1 is 0.944 bits per heavy atom. The minimum atomic E-state index is -0.602. The second-order valence-electron chi connectivity index (χ2n) is 7.85. The van der Waals surface area contributed by atoms with E-state index in [0.29, 0.717) is 16.7 Å². The lowest BCUT2D eigenvalue weighted by Gasteiger charge is -2.19. The molecule has 7 nitrogen and oxygen atoms in total. The van der Waals surface area contributed by atoms with Gasteiger partial charge in [0.1, 0.15) is 5.75 Å². The van der Waals surface area contributed by atoms with Gasteiger partial charge in [-0.2, -0.15) is 0 Å². The van der Waals surface area contributed by atoms with Gasteiger partial charge in [-0.25, -0.2) is 0 Å². The molecule has 1 heterocycles. The molecule has 0 saturated heterocycles. The van der Waals surface area contributed by atoms with E-state index in [1.54, 1.807) is 50.4 Å². The van der Waals surface area contributed by atoms with Gasteiger partial charge in [0, 0.05) is 24.4 Å². The van der Waals surface area contributed by atoms with E-state index in [4.69, 9.17) is 32.7 Å². The molecule has 0 fully saturated rings. The standard InChI is InChI=1S/C27H22Cl2N2O5/c1-4-21(32)36-24-16(22-25(35-3)15-9-5-6-14-20(15)31(2)27(22)34)10-7-13-19(24)30-26(33)23-17(28)11-8-12-18(23)29/h5-14H,4H2,1-3H3,(H,30,33). The number of aromatic nitrogens is 1. The summed E-state index contributed by atoms with van der Waals surface area (Å²) in [7, 11) is 3.11. The van der Waals surface area contributed by atoms with Crippen molar-refractivity contribution in [3.05, 3.63) is 86.6 Å². The lowest BCUT2D eigenvalue weighted by atomic mass is 10.0. The first-order valence-electron chi connectivity index (χ1n) is 11.0. The van der Waals surface area contributed by atoms with E-state index in [2.05, 4.69) is 5.32 Å². The number of nitrogens with one attached hydrogen (secondary N) is 1. The average Bonchev–Trinajstić information content (AvgIpc) is 2.87. The summed E-state index contributed by atoms with van der Waals surface area (Å²) in [5, 5.41) is 3.74. The van der Waals surface area contributed by atoms with Gasteiger partial charge in [0.15, 0.2) is 5.75 Å². The highest BCUT2D eigenvalue weighted by Gasteiger charge is 2.25. The number of ether oxygens (including phenoxy) is 2. The molecule has 0 aliphatic heterocycles. The van der Waals surface area contributed by atoms with Crippen LogP contribution in [-0.2, 0) is 11.8 Å². The summed E-state index contributed by atoms with van der Waals surface area (Å²) < 4.78 is 12.8. The zero-order valence-electron chi connectivity index (χ0n) is 19.7. The Morgan fingerprint density at radius 3 is 2.28 bits per heavy atom. The van der Waals surface area contributed by atoms with Gasteiger partial charge in [0.2, 0.25) is 0 Å². The first kappa shape index (κ1) is 25.3. The number of anilines is 1. The van der Waals surface area contributed by atoms with Crippen LogP contribution >= 0.6 is 23.2 Å². The first-order chi connectivity index (χ1) is 17.3. The molecule has 9 heteroatoms. The Bertz CT molecular complexity index is 1540. The van der Waals surface area contributed by atoms with Crippen molar-refractivity contribution in [1.82, 2.24) is 4.57 Å².